The molecule has 0 spiro atoms. The van der Waals surface area contributed by atoms with Gasteiger partial charge >= 0.3 is 7.82 Å². The lowest BCUT2D eigenvalue weighted by Gasteiger charge is -2.19. The highest BCUT2D eigenvalue weighted by atomic mass is 31.2. The van der Waals surface area contributed by atoms with Crippen LogP contribution in [0.2, 0.25) is 0 Å². The molecule has 27 heavy (non-hydrogen) atoms. The van der Waals surface area contributed by atoms with E-state index in [1.807, 2.05) is 0 Å². The van der Waals surface area contributed by atoms with Crippen LogP contribution in [0.4, 0.5) is 0 Å². The lowest BCUT2D eigenvalue weighted by Crippen LogP contribution is -2.30. The Kier molecular flexibility index (Phi) is 17.0. The number of hydrogen-bond donors (Lipinski definition) is 1. The second-order valence-corrected chi connectivity index (χ2v) is 8.69. The Morgan fingerprint density at radius 2 is 1.04 bits per heavy atom. The molecule has 0 aliphatic heterocycles. The van der Waals surface area contributed by atoms with Crippen LogP contribution in [0.1, 0.15) is 89.9 Å². The first-order valence-corrected chi connectivity index (χ1v) is 11.8. The maximum atomic E-state index is 11.6. The van der Waals surface area contributed by atoms with Crippen LogP contribution >= 0.6 is 7.82 Å². The minimum absolute atomic E-state index is 0.00218. The van der Waals surface area contributed by atoms with Crippen molar-refractivity contribution in [3.05, 3.63) is 28.1 Å². The summed E-state index contributed by atoms with van der Waals surface area (Å²) in [5, 5.41) is 0. The van der Waals surface area contributed by atoms with Gasteiger partial charge in [-0.1, -0.05) is 77.0 Å². The normalized spacial score (nSPS) is 14.4. The molecule has 1 N–H and O–H groups in total. The number of quaternary nitrogens is 1. The standard InChI is InChI=1S/C21H39NO4P/c1-5-6-7-8-9-10-11-12-13-14-15-16-17-18-20-25-27(23,24)26-21-19-22(2,3)4/h1-4H,5-21H2,(H,23,24)/q+1. The highest BCUT2D eigenvalue weighted by Gasteiger charge is 2.22. The average molecular weight is 401 g/mol. The number of phosphoric ester groups is 1. The van der Waals surface area contributed by atoms with Gasteiger partial charge in [-0.05, 0) is 19.8 Å². The highest BCUT2D eigenvalue weighted by molar-refractivity contribution is 7.47. The fourth-order valence-corrected chi connectivity index (χ4v) is 3.47. The smallest absolute Gasteiger partial charge is 0.302 e. The van der Waals surface area contributed by atoms with Gasteiger partial charge in [-0.15, -0.1) is 0 Å². The number of nitrogens with zero attached hydrogens (tertiary/aromatic N) is 1. The van der Waals surface area contributed by atoms with Crippen molar-refractivity contribution in [3.8, 4) is 0 Å². The van der Waals surface area contributed by atoms with Crippen molar-refractivity contribution in [1.82, 2.24) is 0 Å². The van der Waals surface area contributed by atoms with Gasteiger partial charge in [-0.25, -0.2) is 4.57 Å². The maximum absolute atomic E-state index is 11.6. The Hall–Kier alpha value is 0.0700. The first kappa shape index (κ1) is 27.1. The minimum Gasteiger partial charge on any atom is -0.302 e. The Morgan fingerprint density at radius 3 is 1.44 bits per heavy atom. The van der Waals surface area contributed by atoms with Gasteiger partial charge in [0.1, 0.15) is 13.2 Å². The zero-order chi connectivity index (χ0) is 20.4. The molecule has 0 amide bonds. The largest absolute Gasteiger partial charge is 0.472 e. The van der Waals surface area contributed by atoms with Crippen molar-refractivity contribution in [2.75, 3.05) is 19.8 Å². The lowest BCUT2D eigenvalue weighted by atomic mass is 10.0. The third kappa shape index (κ3) is 22.2. The molecule has 6 heteroatoms. The summed E-state index contributed by atoms with van der Waals surface area (Å²) in [7, 11) is 11.8. The van der Waals surface area contributed by atoms with Gasteiger partial charge in [0.2, 0.25) is 21.1 Å². The molecule has 0 aromatic rings. The second kappa shape index (κ2) is 17.0. The van der Waals surface area contributed by atoms with Crippen LogP contribution in [0, 0.1) is 28.1 Å². The van der Waals surface area contributed by atoms with Crippen molar-refractivity contribution in [1.29, 1.82) is 0 Å². The predicted molar refractivity (Wildman–Crippen MR) is 109 cm³/mol. The number of rotatable bonds is 20. The molecule has 5 nitrogen and oxygen atoms in total. The summed E-state index contributed by atoms with van der Waals surface area (Å²) >= 11 is 0. The molecule has 0 aromatic carbocycles. The number of phosphoric acid groups is 1. The minimum atomic E-state index is -4.05. The molecule has 0 bridgehead atoms. The van der Waals surface area contributed by atoms with Crippen LogP contribution < -0.4 is 0 Å². The summed E-state index contributed by atoms with van der Waals surface area (Å²) in [6.45, 7) is 5.53. The molecule has 0 aliphatic carbocycles. The topological polar surface area (TPSA) is 55.8 Å². The van der Waals surface area contributed by atoms with Crippen LogP contribution in [0.5, 0.6) is 0 Å². The average Bonchev–Trinajstić information content (AvgIpc) is 2.57. The first-order valence-electron chi connectivity index (χ1n) is 10.3. The summed E-state index contributed by atoms with van der Waals surface area (Å²) in [4.78, 5) is 9.49. The fraction of sp³-hybridized carbons (Fsp3) is 0.810. The van der Waals surface area contributed by atoms with Gasteiger partial charge in [-0.3, -0.25) is 13.5 Å². The molecule has 0 heterocycles. The summed E-state index contributed by atoms with van der Waals surface area (Å²) in [5.74, 6) is 0. The van der Waals surface area contributed by atoms with Gasteiger partial charge in [-0.2, -0.15) is 0 Å². The Labute approximate surface area is 169 Å². The number of unbranched alkanes of at least 4 members (excludes halogenated alkanes) is 13. The summed E-state index contributed by atoms with van der Waals surface area (Å²) in [5.41, 5.74) is 0. The Balaban J connectivity index is 3.31. The van der Waals surface area contributed by atoms with Gasteiger partial charge in [0.05, 0.1) is 6.61 Å². The molecule has 0 saturated heterocycles. The molecule has 0 aliphatic rings. The van der Waals surface area contributed by atoms with Gasteiger partial charge in [0, 0.05) is 0 Å². The SMILES string of the molecule is [CH]CCCCCCCCCCCCCCCOP(=O)(O)OCC[N+]([CH])([CH])[CH]. The third-order valence-electron chi connectivity index (χ3n) is 4.34. The Morgan fingerprint density at radius 1 is 0.667 bits per heavy atom. The van der Waals surface area contributed by atoms with E-state index < -0.39 is 12.3 Å². The molecule has 8 radical (unpaired) electrons. The number of hydrogen-bond acceptors (Lipinski definition) is 3. The van der Waals surface area contributed by atoms with Crippen molar-refractivity contribution >= 4 is 7.82 Å². The van der Waals surface area contributed by atoms with Crippen molar-refractivity contribution in [2.45, 2.75) is 89.9 Å². The zero-order valence-corrected chi connectivity index (χ0v) is 17.8. The van der Waals surface area contributed by atoms with Crippen LogP contribution in [0.3, 0.4) is 0 Å². The van der Waals surface area contributed by atoms with Crippen molar-refractivity contribution in [3.63, 3.8) is 0 Å². The summed E-state index contributed by atoms with van der Waals surface area (Å²) < 4.78 is 20.5. The van der Waals surface area contributed by atoms with E-state index in [2.05, 4.69) is 0 Å². The van der Waals surface area contributed by atoms with E-state index in [0.29, 0.717) is 0 Å². The Bertz CT molecular complexity index is 372. The summed E-state index contributed by atoms with van der Waals surface area (Å²) in [6.07, 6.45) is 16.5. The van der Waals surface area contributed by atoms with Crippen LogP contribution in [0.25, 0.3) is 0 Å². The molecular weight excluding hydrogens is 361 g/mol. The quantitative estimate of drug-likeness (QED) is 0.152. The van der Waals surface area contributed by atoms with E-state index in [0.717, 1.165) is 32.1 Å². The zero-order valence-electron chi connectivity index (χ0n) is 16.9. The van der Waals surface area contributed by atoms with Crippen LogP contribution in [-0.4, -0.2) is 29.1 Å². The van der Waals surface area contributed by atoms with E-state index in [-0.39, 0.29) is 19.8 Å². The molecule has 0 fully saturated rings. The molecule has 1 atom stereocenters. The summed E-state index contributed by atoms with van der Waals surface area (Å²) in [6, 6.07) is 0. The van der Waals surface area contributed by atoms with Crippen LogP contribution in [-0.2, 0) is 13.6 Å². The van der Waals surface area contributed by atoms with Gasteiger partial charge in [0.15, 0.2) is 0 Å². The van der Waals surface area contributed by atoms with E-state index in [1.165, 1.54) is 57.8 Å². The predicted octanol–water partition coefficient (Wildman–Crippen LogP) is 6.12. The van der Waals surface area contributed by atoms with Gasteiger partial charge < -0.3 is 4.89 Å². The lowest BCUT2D eigenvalue weighted by molar-refractivity contribution is -0.794. The van der Waals surface area contributed by atoms with E-state index in [9.17, 15) is 9.46 Å². The fourth-order valence-electron chi connectivity index (χ4n) is 2.72. The molecule has 1 unspecified atom stereocenters. The highest BCUT2D eigenvalue weighted by Crippen LogP contribution is 2.43. The third-order valence-corrected chi connectivity index (χ3v) is 5.35. The molecular formula is C21H39NO4P+. The molecule has 0 aromatic heterocycles. The second-order valence-electron chi connectivity index (χ2n) is 7.24. The van der Waals surface area contributed by atoms with Crippen molar-refractivity contribution < 1.29 is 23.0 Å². The van der Waals surface area contributed by atoms with Gasteiger partial charge in [0.25, 0.3) is 0 Å². The first-order chi connectivity index (χ1) is 12.8. The van der Waals surface area contributed by atoms with Crippen molar-refractivity contribution in [2.24, 2.45) is 0 Å². The maximum Gasteiger partial charge on any atom is 0.472 e. The molecule has 156 valence electrons. The monoisotopic (exact) mass is 400 g/mol. The van der Waals surface area contributed by atoms with E-state index in [1.54, 1.807) is 0 Å². The molecule has 0 saturated carbocycles. The van der Waals surface area contributed by atoms with E-state index in [4.69, 9.17) is 37.1 Å². The van der Waals surface area contributed by atoms with E-state index >= 15 is 0 Å². The molecule has 0 rings (SSSR count). The van der Waals surface area contributed by atoms with Crippen LogP contribution in [0.15, 0.2) is 0 Å².